The second-order valence-corrected chi connectivity index (χ2v) is 7.04. The number of sulfonamides is 1. The van der Waals surface area contributed by atoms with Gasteiger partial charge >= 0.3 is 0 Å². The smallest absolute Gasteiger partial charge is 0.243 e. The molecule has 1 atom stereocenters. The molecule has 1 fully saturated rings. The number of nitrogens with zero attached hydrogens (tertiary/aromatic N) is 1. The summed E-state index contributed by atoms with van der Waals surface area (Å²) in [6, 6.07) is 5.19. The summed E-state index contributed by atoms with van der Waals surface area (Å²) in [7, 11) is -3.48. The van der Waals surface area contributed by atoms with E-state index < -0.39 is 16.1 Å². The zero-order valence-corrected chi connectivity index (χ0v) is 11.8. The quantitative estimate of drug-likeness (QED) is 0.899. The third-order valence-corrected chi connectivity index (χ3v) is 5.39. The molecule has 1 aromatic carbocycles. The average molecular weight is 320 g/mol. The van der Waals surface area contributed by atoms with E-state index in [0.717, 1.165) is 10.0 Å². The number of benzene rings is 1. The fraction of sp³-hybridized carbons (Fsp3) is 0.455. The Kier molecular flexibility index (Phi) is 3.58. The van der Waals surface area contributed by atoms with Crippen LogP contribution in [-0.4, -0.2) is 37.0 Å². The number of hydrogen-bond donors (Lipinski definition) is 1. The Hall–Kier alpha value is -0.430. The van der Waals surface area contributed by atoms with E-state index in [0.29, 0.717) is 17.9 Å². The zero-order chi connectivity index (χ0) is 12.6. The summed E-state index contributed by atoms with van der Waals surface area (Å²) in [5.74, 6) is 0. The van der Waals surface area contributed by atoms with Gasteiger partial charge in [0.15, 0.2) is 0 Å². The van der Waals surface area contributed by atoms with Gasteiger partial charge in [-0.2, -0.15) is 4.31 Å². The van der Waals surface area contributed by atoms with Crippen LogP contribution < -0.4 is 0 Å². The first-order valence-electron chi connectivity index (χ1n) is 5.35. The lowest BCUT2D eigenvalue weighted by molar-refractivity contribution is 0.189. The lowest BCUT2D eigenvalue weighted by Crippen LogP contribution is -2.30. The van der Waals surface area contributed by atoms with Crippen molar-refractivity contribution in [2.75, 3.05) is 13.1 Å². The third kappa shape index (κ3) is 2.54. The predicted octanol–water partition coefficient (Wildman–Crippen LogP) is 1.51. The molecule has 4 nitrogen and oxygen atoms in total. The van der Waals surface area contributed by atoms with Crippen LogP contribution in [0.1, 0.15) is 12.0 Å². The molecule has 1 N–H and O–H groups in total. The molecule has 1 aliphatic heterocycles. The Balaban J connectivity index is 2.41. The summed E-state index contributed by atoms with van der Waals surface area (Å²) in [5, 5.41) is 9.42. The summed E-state index contributed by atoms with van der Waals surface area (Å²) in [4.78, 5) is 0.306. The predicted molar refractivity (Wildman–Crippen MR) is 68.3 cm³/mol. The van der Waals surface area contributed by atoms with Crippen LogP contribution in [0.25, 0.3) is 0 Å². The molecule has 1 aromatic rings. The highest BCUT2D eigenvalue weighted by Crippen LogP contribution is 2.26. The monoisotopic (exact) mass is 319 g/mol. The first-order valence-corrected chi connectivity index (χ1v) is 7.59. The van der Waals surface area contributed by atoms with Crippen LogP contribution in [0.2, 0.25) is 0 Å². The number of aliphatic hydroxyl groups is 1. The van der Waals surface area contributed by atoms with Gasteiger partial charge in [0.1, 0.15) is 0 Å². The van der Waals surface area contributed by atoms with Crippen LogP contribution in [0.3, 0.4) is 0 Å². The van der Waals surface area contributed by atoms with E-state index in [4.69, 9.17) is 0 Å². The molecular weight excluding hydrogens is 306 g/mol. The number of aliphatic hydroxyl groups excluding tert-OH is 1. The van der Waals surface area contributed by atoms with Gasteiger partial charge in [-0.05, 0) is 31.0 Å². The summed E-state index contributed by atoms with van der Waals surface area (Å²) in [6.45, 7) is 2.34. The van der Waals surface area contributed by atoms with Gasteiger partial charge in [-0.1, -0.05) is 22.0 Å². The molecule has 1 unspecified atom stereocenters. The van der Waals surface area contributed by atoms with Crippen LogP contribution >= 0.6 is 15.9 Å². The van der Waals surface area contributed by atoms with Gasteiger partial charge in [0.2, 0.25) is 10.0 Å². The SMILES string of the molecule is Cc1ccc(Br)cc1S(=O)(=O)N1CCC(O)C1. The maximum atomic E-state index is 12.3. The van der Waals surface area contributed by atoms with Crippen molar-refractivity contribution in [3.8, 4) is 0 Å². The molecule has 0 radical (unpaired) electrons. The number of hydrogen-bond acceptors (Lipinski definition) is 3. The second-order valence-electron chi connectivity index (χ2n) is 4.22. The molecule has 1 heterocycles. The van der Waals surface area contributed by atoms with E-state index in [1.54, 1.807) is 19.1 Å². The minimum absolute atomic E-state index is 0.189. The molecule has 2 rings (SSSR count). The standard InChI is InChI=1S/C11H14BrNO3S/c1-8-2-3-9(12)6-11(8)17(15,16)13-5-4-10(14)7-13/h2-3,6,10,14H,4-5,7H2,1H3. The van der Waals surface area contributed by atoms with Crippen molar-refractivity contribution < 1.29 is 13.5 Å². The van der Waals surface area contributed by atoms with Gasteiger partial charge in [0.25, 0.3) is 0 Å². The highest BCUT2D eigenvalue weighted by molar-refractivity contribution is 9.10. The highest BCUT2D eigenvalue weighted by Gasteiger charge is 2.32. The minimum atomic E-state index is -3.48. The Morgan fingerprint density at radius 1 is 1.47 bits per heavy atom. The van der Waals surface area contributed by atoms with E-state index in [1.165, 1.54) is 4.31 Å². The normalized spacial score (nSPS) is 21.9. The Bertz CT molecular complexity index is 530. The van der Waals surface area contributed by atoms with Gasteiger partial charge in [0, 0.05) is 17.6 Å². The Morgan fingerprint density at radius 3 is 2.76 bits per heavy atom. The number of halogens is 1. The largest absolute Gasteiger partial charge is 0.392 e. The van der Waals surface area contributed by atoms with Crippen LogP contribution in [0.5, 0.6) is 0 Å². The maximum absolute atomic E-state index is 12.3. The summed E-state index contributed by atoms with van der Waals surface area (Å²) >= 11 is 3.28. The van der Waals surface area contributed by atoms with Gasteiger partial charge < -0.3 is 5.11 Å². The first kappa shape index (κ1) is 13.0. The highest BCUT2D eigenvalue weighted by atomic mass is 79.9. The lowest BCUT2D eigenvalue weighted by Gasteiger charge is -2.17. The number of aryl methyl sites for hydroxylation is 1. The van der Waals surface area contributed by atoms with Gasteiger partial charge in [-0.25, -0.2) is 8.42 Å². The van der Waals surface area contributed by atoms with Crippen molar-refractivity contribution in [2.24, 2.45) is 0 Å². The van der Waals surface area contributed by atoms with E-state index in [2.05, 4.69) is 15.9 Å². The Labute approximate surface area is 109 Å². The lowest BCUT2D eigenvalue weighted by atomic mass is 10.2. The van der Waals surface area contributed by atoms with Crippen molar-refractivity contribution in [1.82, 2.24) is 4.31 Å². The molecule has 17 heavy (non-hydrogen) atoms. The van der Waals surface area contributed by atoms with E-state index >= 15 is 0 Å². The summed E-state index contributed by atoms with van der Waals surface area (Å²) in [5.41, 5.74) is 0.717. The molecule has 0 saturated carbocycles. The van der Waals surface area contributed by atoms with Crippen LogP contribution in [0.4, 0.5) is 0 Å². The molecular formula is C11H14BrNO3S. The second kappa shape index (κ2) is 4.68. The fourth-order valence-corrected chi connectivity index (χ4v) is 4.18. The fourth-order valence-electron chi connectivity index (χ4n) is 1.92. The maximum Gasteiger partial charge on any atom is 0.243 e. The molecule has 0 amide bonds. The molecule has 0 bridgehead atoms. The number of rotatable bonds is 2. The van der Waals surface area contributed by atoms with Crippen molar-refractivity contribution in [2.45, 2.75) is 24.3 Å². The Morgan fingerprint density at radius 2 is 2.18 bits per heavy atom. The third-order valence-electron chi connectivity index (χ3n) is 2.89. The zero-order valence-electron chi connectivity index (χ0n) is 9.43. The molecule has 1 aliphatic rings. The first-order chi connectivity index (χ1) is 7.91. The van der Waals surface area contributed by atoms with Crippen LogP contribution in [0.15, 0.2) is 27.6 Å². The van der Waals surface area contributed by atoms with Gasteiger partial charge in [0.05, 0.1) is 11.0 Å². The van der Waals surface area contributed by atoms with Crippen molar-refractivity contribution in [3.63, 3.8) is 0 Å². The van der Waals surface area contributed by atoms with E-state index in [9.17, 15) is 13.5 Å². The molecule has 1 saturated heterocycles. The minimum Gasteiger partial charge on any atom is -0.392 e. The molecule has 6 heteroatoms. The van der Waals surface area contributed by atoms with Crippen molar-refractivity contribution in [3.05, 3.63) is 28.2 Å². The van der Waals surface area contributed by atoms with Gasteiger partial charge in [-0.15, -0.1) is 0 Å². The van der Waals surface area contributed by atoms with Crippen LogP contribution in [0, 0.1) is 6.92 Å². The van der Waals surface area contributed by atoms with Crippen molar-refractivity contribution in [1.29, 1.82) is 0 Å². The van der Waals surface area contributed by atoms with Gasteiger partial charge in [-0.3, -0.25) is 0 Å². The summed E-state index contributed by atoms with van der Waals surface area (Å²) in [6.07, 6.45) is -0.0380. The number of β-amino-alcohol motifs (C(OH)–C–C–N with tert-alkyl or cyclic N) is 1. The van der Waals surface area contributed by atoms with Crippen LogP contribution in [-0.2, 0) is 10.0 Å². The van der Waals surface area contributed by atoms with E-state index in [-0.39, 0.29) is 6.54 Å². The topological polar surface area (TPSA) is 57.6 Å². The average Bonchev–Trinajstić information content (AvgIpc) is 2.69. The van der Waals surface area contributed by atoms with E-state index in [1.807, 2.05) is 6.07 Å². The molecule has 94 valence electrons. The summed E-state index contributed by atoms with van der Waals surface area (Å²) < 4.78 is 26.8. The molecule has 0 spiro atoms. The van der Waals surface area contributed by atoms with Crippen molar-refractivity contribution >= 4 is 26.0 Å². The molecule has 0 aromatic heterocycles. The molecule has 0 aliphatic carbocycles.